The fourth-order valence-electron chi connectivity index (χ4n) is 1.62. The number of alkyl halides is 3. The average molecular weight is 242 g/mol. The molecule has 17 heavy (non-hydrogen) atoms. The van der Waals surface area contributed by atoms with Crippen molar-refractivity contribution < 1.29 is 13.2 Å². The summed E-state index contributed by atoms with van der Waals surface area (Å²) < 4.78 is 39.7. The van der Waals surface area contributed by atoms with Gasteiger partial charge in [-0.25, -0.2) is 4.68 Å². The minimum absolute atomic E-state index is 0.0231. The normalized spacial score (nSPS) is 11.8. The van der Waals surface area contributed by atoms with Crippen molar-refractivity contribution in [2.75, 3.05) is 5.73 Å². The smallest absolute Gasteiger partial charge is 0.380 e. The van der Waals surface area contributed by atoms with Gasteiger partial charge in [0.05, 0.1) is 5.56 Å². The Morgan fingerprint density at radius 1 is 1.24 bits per heavy atom. The molecule has 0 atom stereocenters. The fraction of sp³-hybridized carbons (Fsp3) is 0.200. The SMILES string of the molecule is Cn1nnc(N)c1-c1ccccc1C(F)(F)F. The van der Waals surface area contributed by atoms with Crippen molar-refractivity contribution >= 4 is 5.82 Å². The molecular weight excluding hydrogens is 233 g/mol. The highest BCUT2D eigenvalue weighted by atomic mass is 19.4. The molecule has 4 nitrogen and oxygen atoms in total. The molecule has 2 rings (SSSR count). The monoisotopic (exact) mass is 242 g/mol. The second kappa shape index (κ2) is 3.76. The van der Waals surface area contributed by atoms with E-state index in [1.165, 1.54) is 29.9 Å². The molecule has 0 aliphatic carbocycles. The first kappa shape index (κ1) is 11.4. The summed E-state index contributed by atoms with van der Waals surface area (Å²) in [5.41, 5.74) is 4.91. The number of nitrogens with two attached hydrogens (primary N) is 1. The average Bonchev–Trinajstić information content (AvgIpc) is 2.57. The molecule has 0 saturated carbocycles. The molecular formula is C10H9F3N4. The first-order valence-corrected chi connectivity index (χ1v) is 4.73. The van der Waals surface area contributed by atoms with E-state index in [9.17, 15) is 13.2 Å². The van der Waals surface area contributed by atoms with E-state index in [0.717, 1.165) is 6.07 Å². The van der Waals surface area contributed by atoms with Crippen LogP contribution in [0.15, 0.2) is 24.3 Å². The van der Waals surface area contributed by atoms with Crippen LogP contribution < -0.4 is 5.73 Å². The largest absolute Gasteiger partial charge is 0.417 e. The zero-order valence-electron chi connectivity index (χ0n) is 8.86. The van der Waals surface area contributed by atoms with Crippen molar-refractivity contribution in [1.29, 1.82) is 0 Å². The van der Waals surface area contributed by atoms with Crippen molar-refractivity contribution in [3.05, 3.63) is 29.8 Å². The van der Waals surface area contributed by atoms with Gasteiger partial charge in [-0.15, -0.1) is 5.10 Å². The molecule has 0 fully saturated rings. The number of rotatable bonds is 1. The van der Waals surface area contributed by atoms with Crippen LogP contribution in [-0.4, -0.2) is 15.0 Å². The Balaban J connectivity index is 2.69. The Kier molecular flexibility index (Phi) is 2.53. The standard InChI is InChI=1S/C10H9F3N4/c1-17-8(9(14)15-16-17)6-4-2-3-5-7(6)10(11,12)13/h2-5H,14H2,1H3. The molecule has 2 N–H and O–H groups in total. The lowest BCUT2D eigenvalue weighted by molar-refractivity contribution is -0.137. The first-order valence-electron chi connectivity index (χ1n) is 4.73. The van der Waals surface area contributed by atoms with Crippen LogP contribution in [0.25, 0.3) is 11.3 Å². The molecule has 0 aliphatic rings. The number of aromatic nitrogens is 3. The van der Waals surface area contributed by atoms with Gasteiger partial charge < -0.3 is 5.73 Å². The summed E-state index contributed by atoms with van der Waals surface area (Å²) in [5, 5.41) is 7.13. The number of anilines is 1. The van der Waals surface area contributed by atoms with E-state index >= 15 is 0 Å². The van der Waals surface area contributed by atoms with Crippen LogP contribution >= 0.6 is 0 Å². The maximum Gasteiger partial charge on any atom is 0.417 e. The lowest BCUT2D eigenvalue weighted by Gasteiger charge is -2.12. The lowest BCUT2D eigenvalue weighted by Crippen LogP contribution is -2.09. The Hall–Kier alpha value is -2.05. The summed E-state index contributed by atoms with van der Waals surface area (Å²) in [6, 6.07) is 5.18. The molecule has 0 saturated heterocycles. The summed E-state index contributed by atoms with van der Waals surface area (Å²) in [7, 11) is 1.49. The number of aryl methyl sites for hydroxylation is 1. The van der Waals surface area contributed by atoms with E-state index < -0.39 is 11.7 Å². The first-order chi connectivity index (χ1) is 7.91. The third-order valence-electron chi connectivity index (χ3n) is 2.34. The minimum atomic E-state index is -4.44. The van der Waals surface area contributed by atoms with Crippen molar-refractivity contribution in [2.24, 2.45) is 7.05 Å². The van der Waals surface area contributed by atoms with Gasteiger partial charge in [-0.05, 0) is 6.07 Å². The topological polar surface area (TPSA) is 56.7 Å². The third kappa shape index (κ3) is 1.95. The van der Waals surface area contributed by atoms with Gasteiger partial charge in [0, 0.05) is 12.6 Å². The molecule has 0 bridgehead atoms. The van der Waals surface area contributed by atoms with Crippen LogP contribution in [0.5, 0.6) is 0 Å². The predicted molar refractivity (Wildman–Crippen MR) is 55.9 cm³/mol. The van der Waals surface area contributed by atoms with Gasteiger partial charge in [0.15, 0.2) is 5.82 Å². The van der Waals surface area contributed by atoms with Crippen LogP contribution in [0.4, 0.5) is 19.0 Å². The van der Waals surface area contributed by atoms with Gasteiger partial charge in [0.25, 0.3) is 0 Å². The zero-order chi connectivity index (χ0) is 12.6. The lowest BCUT2D eigenvalue weighted by atomic mass is 10.0. The van der Waals surface area contributed by atoms with E-state index in [-0.39, 0.29) is 17.1 Å². The quantitative estimate of drug-likeness (QED) is 0.832. The highest BCUT2D eigenvalue weighted by molar-refractivity contribution is 5.73. The molecule has 1 aromatic carbocycles. The Bertz CT molecular complexity index is 525. The van der Waals surface area contributed by atoms with Gasteiger partial charge in [0.1, 0.15) is 5.69 Å². The van der Waals surface area contributed by atoms with Crippen LogP contribution in [0, 0.1) is 0 Å². The van der Waals surface area contributed by atoms with Gasteiger partial charge >= 0.3 is 6.18 Å². The Morgan fingerprint density at radius 3 is 2.41 bits per heavy atom. The summed E-state index contributed by atoms with van der Waals surface area (Å²) in [5.74, 6) is -0.0239. The number of halogens is 3. The molecule has 2 aromatic rings. The summed E-state index contributed by atoms with van der Waals surface area (Å²) in [6.07, 6.45) is -4.44. The molecule has 0 unspecified atom stereocenters. The van der Waals surface area contributed by atoms with Gasteiger partial charge in [-0.1, -0.05) is 23.4 Å². The number of hydrogen-bond acceptors (Lipinski definition) is 3. The summed E-state index contributed by atoms with van der Waals surface area (Å²) in [6.45, 7) is 0. The number of nitrogen functional groups attached to an aromatic ring is 1. The third-order valence-corrected chi connectivity index (χ3v) is 2.34. The van der Waals surface area contributed by atoms with E-state index in [1.54, 1.807) is 0 Å². The minimum Gasteiger partial charge on any atom is -0.380 e. The summed E-state index contributed by atoms with van der Waals surface area (Å²) >= 11 is 0. The highest BCUT2D eigenvalue weighted by Gasteiger charge is 2.34. The molecule has 1 aromatic heterocycles. The maximum absolute atomic E-state index is 12.8. The van der Waals surface area contributed by atoms with Crippen molar-refractivity contribution in [3.63, 3.8) is 0 Å². The second-order valence-corrected chi connectivity index (χ2v) is 3.49. The van der Waals surface area contributed by atoms with Crippen LogP contribution in [0.3, 0.4) is 0 Å². The molecule has 1 heterocycles. The predicted octanol–water partition coefficient (Wildman–Crippen LogP) is 2.08. The van der Waals surface area contributed by atoms with Crippen molar-refractivity contribution in [3.8, 4) is 11.3 Å². The molecule has 0 aliphatic heterocycles. The molecule has 90 valence electrons. The van der Waals surface area contributed by atoms with E-state index in [2.05, 4.69) is 10.3 Å². The zero-order valence-corrected chi connectivity index (χ0v) is 8.86. The maximum atomic E-state index is 12.8. The highest BCUT2D eigenvalue weighted by Crippen LogP contribution is 2.37. The van der Waals surface area contributed by atoms with Crippen molar-refractivity contribution in [1.82, 2.24) is 15.0 Å². The van der Waals surface area contributed by atoms with E-state index in [0.29, 0.717) is 0 Å². The molecule has 0 spiro atoms. The second-order valence-electron chi connectivity index (χ2n) is 3.49. The van der Waals surface area contributed by atoms with Gasteiger partial charge in [-0.2, -0.15) is 13.2 Å². The van der Waals surface area contributed by atoms with Crippen LogP contribution in [0.1, 0.15) is 5.56 Å². The van der Waals surface area contributed by atoms with Gasteiger partial charge in [-0.3, -0.25) is 0 Å². The Labute approximate surface area is 94.9 Å². The number of hydrogen-bond donors (Lipinski definition) is 1. The van der Waals surface area contributed by atoms with E-state index in [1.807, 2.05) is 0 Å². The molecule has 7 heteroatoms. The number of nitrogens with zero attached hydrogens (tertiary/aromatic N) is 3. The van der Waals surface area contributed by atoms with Crippen LogP contribution in [-0.2, 0) is 13.2 Å². The number of benzene rings is 1. The molecule has 0 amide bonds. The van der Waals surface area contributed by atoms with Crippen LogP contribution in [0.2, 0.25) is 0 Å². The van der Waals surface area contributed by atoms with Gasteiger partial charge in [0.2, 0.25) is 0 Å². The Morgan fingerprint density at radius 2 is 1.88 bits per heavy atom. The molecule has 0 radical (unpaired) electrons. The fourth-order valence-corrected chi connectivity index (χ4v) is 1.62. The van der Waals surface area contributed by atoms with Crippen molar-refractivity contribution in [2.45, 2.75) is 6.18 Å². The van der Waals surface area contributed by atoms with E-state index in [4.69, 9.17) is 5.73 Å². The summed E-state index contributed by atoms with van der Waals surface area (Å²) in [4.78, 5) is 0.